The second-order valence-electron chi connectivity index (χ2n) is 6.33. The average Bonchev–Trinajstić information content (AvgIpc) is 2.26. The monoisotopic (exact) mass is 290 g/mol. The number of sulfonamides is 1. The van der Waals surface area contributed by atoms with Crippen LogP contribution in [0.2, 0.25) is 0 Å². The van der Waals surface area contributed by atoms with Crippen molar-refractivity contribution >= 4 is 15.9 Å². The summed E-state index contributed by atoms with van der Waals surface area (Å²) in [4.78, 5) is 2.01. The van der Waals surface area contributed by atoms with E-state index in [9.17, 15) is 8.42 Å². The molecule has 6 nitrogen and oxygen atoms in total. The molecule has 1 aliphatic rings. The third kappa shape index (κ3) is 5.88. The maximum Gasteiger partial charge on any atom is 0.214 e. The molecule has 1 rings (SSSR count). The van der Waals surface area contributed by atoms with Crippen LogP contribution in [0.5, 0.6) is 0 Å². The molecule has 0 aromatic heterocycles. The molecule has 0 bridgehead atoms. The lowest BCUT2D eigenvalue weighted by Crippen LogP contribution is -2.51. The Hall–Kier alpha value is -0.660. The van der Waals surface area contributed by atoms with E-state index in [0.29, 0.717) is 39.1 Å². The molecule has 1 fully saturated rings. The summed E-state index contributed by atoms with van der Waals surface area (Å²) in [5.41, 5.74) is 5.38. The number of piperazine rings is 1. The third-order valence-corrected chi connectivity index (χ3v) is 5.10. The van der Waals surface area contributed by atoms with E-state index in [-0.39, 0.29) is 17.0 Å². The molecule has 0 unspecified atom stereocenters. The van der Waals surface area contributed by atoms with Gasteiger partial charge in [-0.05, 0) is 11.8 Å². The van der Waals surface area contributed by atoms with E-state index < -0.39 is 10.0 Å². The van der Waals surface area contributed by atoms with Gasteiger partial charge in [0.1, 0.15) is 5.84 Å². The lowest BCUT2D eigenvalue weighted by Gasteiger charge is -2.34. The molecule has 0 saturated carbocycles. The molecular formula is C12H26N4O2S. The van der Waals surface area contributed by atoms with E-state index >= 15 is 0 Å². The summed E-state index contributed by atoms with van der Waals surface area (Å²) in [5.74, 6) is 0.340. The molecule has 0 atom stereocenters. The highest BCUT2D eigenvalue weighted by atomic mass is 32.2. The zero-order chi connectivity index (χ0) is 14.7. The Morgan fingerprint density at radius 1 is 1.21 bits per heavy atom. The average molecular weight is 290 g/mol. The van der Waals surface area contributed by atoms with Crippen LogP contribution < -0.4 is 5.73 Å². The van der Waals surface area contributed by atoms with Crippen LogP contribution in [0.4, 0.5) is 0 Å². The Bertz CT molecular complexity index is 406. The third-order valence-electron chi connectivity index (χ3n) is 3.23. The zero-order valence-electron chi connectivity index (χ0n) is 12.1. The Morgan fingerprint density at radius 2 is 1.74 bits per heavy atom. The molecule has 3 N–H and O–H groups in total. The lowest BCUT2D eigenvalue weighted by molar-refractivity contribution is 0.208. The second kappa shape index (κ2) is 6.19. The van der Waals surface area contributed by atoms with Gasteiger partial charge in [-0.15, -0.1) is 0 Å². The van der Waals surface area contributed by atoms with E-state index in [1.807, 2.05) is 25.7 Å². The molecule has 1 saturated heterocycles. The van der Waals surface area contributed by atoms with Crippen LogP contribution >= 0.6 is 0 Å². The fourth-order valence-electron chi connectivity index (χ4n) is 1.97. The van der Waals surface area contributed by atoms with E-state index in [1.165, 1.54) is 0 Å². The minimum Gasteiger partial charge on any atom is -0.387 e. The quantitative estimate of drug-likeness (QED) is 0.563. The van der Waals surface area contributed by atoms with Crippen molar-refractivity contribution in [1.29, 1.82) is 5.41 Å². The molecule has 0 radical (unpaired) electrons. The molecule has 19 heavy (non-hydrogen) atoms. The first-order chi connectivity index (χ1) is 8.60. The summed E-state index contributed by atoms with van der Waals surface area (Å²) in [6.07, 6.45) is 0.670. The Balaban J connectivity index is 2.47. The van der Waals surface area contributed by atoms with Crippen molar-refractivity contribution in [3.63, 3.8) is 0 Å². The van der Waals surface area contributed by atoms with Crippen molar-refractivity contribution in [2.45, 2.75) is 27.2 Å². The Kier molecular flexibility index (Phi) is 5.34. The van der Waals surface area contributed by atoms with Gasteiger partial charge in [0.2, 0.25) is 10.0 Å². The van der Waals surface area contributed by atoms with Crippen molar-refractivity contribution in [2.75, 3.05) is 38.5 Å². The SMILES string of the molecule is CC(C)(C)CCS(=O)(=O)N1CCN(CC(=N)N)CC1. The predicted molar refractivity (Wildman–Crippen MR) is 77.8 cm³/mol. The zero-order valence-corrected chi connectivity index (χ0v) is 13.0. The molecule has 0 amide bonds. The summed E-state index contributed by atoms with van der Waals surface area (Å²) in [6, 6.07) is 0. The van der Waals surface area contributed by atoms with E-state index in [2.05, 4.69) is 0 Å². The number of hydrogen-bond acceptors (Lipinski definition) is 4. The minimum atomic E-state index is -3.15. The summed E-state index contributed by atoms with van der Waals surface area (Å²) >= 11 is 0. The molecule has 1 heterocycles. The van der Waals surface area contributed by atoms with Crippen LogP contribution in [-0.4, -0.2) is 61.9 Å². The molecule has 0 spiro atoms. The Labute approximate surface area is 116 Å². The van der Waals surface area contributed by atoms with Crippen LogP contribution in [0.15, 0.2) is 0 Å². The van der Waals surface area contributed by atoms with Gasteiger partial charge in [-0.2, -0.15) is 4.31 Å². The van der Waals surface area contributed by atoms with Gasteiger partial charge in [-0.25, -0.2) is 8.42 Å². The maximum absolute atomic E-state index is 12.2. The molecule has 7 heteroatoms. The molecule has 0 aromatic rings. The van der Waals surface area contributed by atoms with Crippen LogP contribution in [0.25, 0.3) is 0 Å². The number of nitrogens with one attached hydrogen (secondary N) is 1. The highest BCUT2D eigenvalue weighted by molar-refractivity contribution is 7.89. The normalized spacial score (nSPS) is 19.5. The largest absolute Gasteiger partial charge is 0.387 e. The second-order valence-corrected chi connectivity index (χ2v) is 8.42. The molecule has 112 valence electrons. The van der Waals surface area contributed by atoms with Crippen LogP contribution in [-0.2, 0) is 10.0 Å². The lowest BCUT2D eigenvalue weighted by atomic mass is 9.94. The van der Waals surface area contributed by atoms with Gasteiger partial charge >= 0.3 is 0 Å². The van der Waals surface area contributed by atoms with Crippen LogP contribution in [0, 0.1) is 10.8 Å². The maximum atomic E-state index is 12.2. The van der Waals surface area contributed by atoms with Crippen LogP contribution in [0.3, 0.4) is 0 Å². The van der Waals surface area contributed by atoms with Crippen molar-refractivity contribution in [3.05, 3.63) is 0 Å². The first-order valence-electron chi connectivity index (χ1n) is 6.63. The summed E-state index contributed by atoms with van der Waals surface area (Å²) in [6.45, 7) is 8.87. The summed E-state index contributed by atoms with van der Waals surface area (Å²) in [5, 5.41) is 7.24. The van der Waals surface area contributed by atoms with Crippen molar-refractivity contribution in [1.82, 2.24) is 9.21 Å². The fraction of sp³-hybridized carbons (Fsp3) is 0.917. The highest BCUT2D eigenvalue weighted by Gasteiger charge is 2.28. The molecule has 0 aliphatic carbocycles. The minimum absolute atomic E-state index is 0.0313. The first-order valence-corrected chi connectivity index (χ1v) is 8.24. The summed E-state index contributed by atoms with van der Waals surface area (Å²) < 4.78 is 26.0. The van der Waals surface area contributed by atoms with Gasteiger partial charge in [0.05, 0.1) is 12.3 Å². The highest BCUT2D eigenvalue weighted by Crippen LogP contribution is 2.20. The van der Waals surface area contributed by atoms with Crippen molar-refractivity contribution in [3.8, 4) is 0 Å². The Morgan fingerprint density at radius 3 is 2.16 bits per heavy atom. The fourth-order valence-corrected chi connectivity index (χ4v) is 3.82. The number of amidine groups is 1. The standard InChI is InChI=1S/C12H26N4O2S/c1-12(2,3)4-9-19(17,18)16-7-5-15(6-8-16)10-11(13)14/h4-10H2,1-3H3,(H3,13,14). The van der Waals surface area contributed by atoms with E-state index in [4.69, 9.17) is 11.1 Å². The smallest absolute Gasteiger partial charge is 0.214 e. The van der Waals surface area contributed by atoms with Gasteiger partial charge in [0, 0.05) is 26.2 Å². The molecule has 0 aromatic carbocycles. The van der Waals surface area contributed by atoms with E-state index in [1.54, 1.807) is 4.31 Å². The first kappa shape index (κ1) is 16.4. The number of nitrogens with zero attached hydrogens (tertiary/aromatic N) is 2. The van der Waals surface area contributed by atoms with E-state index in [0.717, 1.165) is 0 Å². The molecule has 1 aliphatic heterocycles. The molecular weight excluding hydrogens is 264 g/mol. The van der Waals surface area contributed by atoms with Crippen molar-refractivity contribution < 1.29 is 8.42 Å². The van der Waals surface area contributed by atoms with Crippen LogP contribution in [0.1, 0.15) is 27.2 Å². The number of rotatable bonds is 5. The van der Waals surface area contributed by atoms with Gasteiger partial charge < -0.3 is 5.73 Å². The van der Waals surface area contributed by atoms with Gasteiger partial charge in [-0.1, -0.05) is 20.8 Å². The predicted octanol–water partition coefficient (Wildman–Crippen LogP) is 0.306. The number of hydrogen-bond donors (Lipinski definition) is 2. The van der Waals surface area contributed by atoms with Gasteiger partial charge in [-0.3, -0.25) is 10.3 Å². The summed E-state index contributed by atoms with van der Waals surface area (Å²) in [7, 11) is -3.15. The van der Waals surface area contributed by atoms with Gasteiger partial charge in [0.15, 0.2) is 0 Å². The van der Waals surface area contributed by atoms with Gasteiger partial charge in [0.25, 0.3) is 0 Å². The number of nitrogens with two attached hydrogens (primary N) is 1. The van der Waals surface area contributed by atoms with Crippen molar-refractivity contribution in [2.24, 2.45) is 11.1 Å². The topological polar surface area (TPSA) is 90.5 Å².